The fourth-order valence-electron chi connectivity index (χ4n) is 2.30. The highest BCUT2D eigenvalue weighted by Crippen LogP contribution is 2.26. The molecule has 2 atom stereocenters. The highest BCUT2D eigenvalue weighted by molar-refractivity contribution is 6.31. The molecule has 1 aromatic heterocycles. The van der Waals surface area contributed by atoms with Gasteiger partial charge in [0.1, 0.15) is 0 Å². The van der Waals surface area contributed by atoms with E-state index < -0.39 is 0 Å². The molecule has 6 heteroatoms. The number of aromatic nitrogens is 2. The lowest BCUT2D eigenvalue weighted by Gasteiger charge is -2.26. The highest BCUT2D eigenvalue weighted by atomic mass is 35.5. The summed E-state index contributed by atoms with van der Waals surface area (Å²) in [5.74, 6) is 0. The van der Waals surface area contributed by atoms with E-state index in [9.17, 15) is 0 Å². The maximum Gasteiger partial charge on any atom is 0.0835 e. The molecule has 0 aliphatic carbocycles. The number of hydrogen-bond acceptors (Lipinski definition) is 4. The van der Waals surface area contributed by atoms with Gasteiger partial charge in [0.2, 0.25) is 0 Å². The average Bonchev–Trinajstić information content (AvgIpc) is 2.79. The maximum atomic E-state index is 6.39. The largest absolute Gasteiger partial charge is 0.377 e. The van der Waals surface area contributed by atoms with E-state index in [1.54, 1.807) is 6.20 Å². The molecule has 0 radical (unpaired) electrons. The molecule has 0 aliphatic heterocycles. The van der Waals surface area contributed by atoms with E-state index in [1.807, 2.05) is 11.6 Å². The van der Waals surface area contributed by atoms with Crippen molar-refractivity contribution in [2.45, 2.75) is 45.9 Å². The molecule has 1 heterocycles. The molecule has 0 amide bonds. The molecule has 0 fully saturated rings. The second-order valence-electron chi connectivity index (χ2n) is 5.50. The van der Waals surface area contributed by atoms with Crippen LogP contribution < -0.4 is 5.32 Å². The Hall–Kier alpha value is -0.620. The van der Waals surface area contributed by atoms with Crippen LogP contribution in [0, 0.1) is 0 Å². The Bertz CT molecular complexity index is 408. The second-order valence-corrected chi connectivity index (χ2v) is 5.90. The van der Waals surface area contributed by atoms with E-state index in [2.05, 4.69) is 43.3 Å². The molecule has 1 aromatic rings. The van der Waals surface area contributed by atoms with Crippen LogP contribution in [0.5, 0.6) is 0 Å². The van der Waals surface area contributed by atoms with Gasteiger partial charge >= 0.3 is 0 Å². The lowest BCUT2D eigenvalue weighted by molar-refractivity contribution is 0.0447. The number of hydrogen-bond donors (Lipinski definition) is 1. The molecule has 0 bridgehead atoms. The summed E-state index contributed by atoms with van der Waals surface area (Å²) in [4.78, 5) is 2.14. The molecular formula is C15H29ClN4O. The van der Waals surface area contributed by atoms with Gasteiger partial charge in [0.05, 0.1) is 35.6 Å². The predicted molar refractivity (Wildman–Crippen MR) is 87.9 cm³/mol. The number of likely N-dealkylation sites (N-methyl/N-ethyl adjacent to an activating group) is 1. The van der Waals surface area contributed by atoms with Crippen LogP contribution in [0.25, 0.3) is 0 Å². The van der Waals surface area contributed by atoms with Crippen molar-refractivity contribution in [2.75, 3.05) is 33.8 Å². The fraction of sp³-hybridized carbons (Fsp3) is 0.800. The van der Waals surface area contributed by atoms with Gasteiger partial charge < -0.3 is 15.0 Å². The third-order valence-corrected chi connectivity index (χ3v) is 3.69. The molecule has 122 valence electrons. The van der Waals surface area contributed by atoms with Crippen molar-refractivity contribution in [3.8, 4) is 0 Å². The van der Waals surface area contributed by atoms with Crippen LogP contribution in [-0.2, 0) is 11.3 Å². The maximum absolute atomic E-state index is 6.39. The van der Waals surface area contributed by atoms with Gasteiger partial charge in [0.15, 0.2) is 0 Å². The van der Waals surface area contributed by atoms with E-state index in [-0.39, 0.29) is 12.1 Å². The number of ether oxygens (including phenoxy) is 1. The van der Waals surface area contributed by atoms with Gasteiger partial charge in [0, 0.05) is 13.2 Å². The smallest absolute Gasteiger partial charge is 0.0835 e. The Labute approximate surface area is 133 Å². The Morgan fingerprint density at radius 1 is 1.43 bits per heavy atom. The summed E-state index contributed by atoms with van der Waals surface area (Å²) in [7, 11) is 4.11. The Balaban J connectivity index is 2.96. The number of nitrogens with one attached hydrogen (secondary N) is 1. The van der Waals surface area contributed by atoms with E-state index >= 15 is 0 Å². The SMILES string of the molecule is CCCNC(c1c(Cl)cnn1CCN(C)C)C(C)OCC. The van der Waals surface area contributed by atoms with Crippen molar-refractivity contribution in [1.29, 1.82) is 0 Å². The van der Waals surface area contributed by atoms with Crippen molar-refractivity contribution in [2.24, 2.45) is 0 Å². The third kappa shape index (κ3) is 5.58. The minimum absolute atomic E-state index is 0.0499. The molecule has 5 nitrogen and oxygen atoms in total. The fourth-order valence-corrected chi connectivity index (χ4v) is 2.56. The van der Waals surface area contributed by atoms with Crippen molar-refractivity contribution < 1.29 is 4.74 Å². The van der Waals surface area contributed by atoms with Crippen LogP contribution in [0.2, 0.25) is 5.02 Å². The van der Waals surface area contributed by atoms with E-state index in [0.29, 0.717) is 11.6 Å². The summed E-state index contributed by atoms with van der Waals surface area (Å²) in [5.41, 5.74) is 1.02. The van der Waals surface area contributed by atoms with Crippen LogP contribution in [0.3, 0.4) is 0 Å². The zero-order valence-electron chi connectivity index (χ0n) is 13.9. The average molecular weight is 317 g/mol. The molecule has 1 rings (SSSR count). The van der Waals surface area contributed by atoms with E-state index in [0.717, 1.165) is 31.7 Å². The summed E-state index contributed by atoms with van der Waals surface area (Å²) in [6.07, 6.45) is 2.85. The van der Waals surface area contributed by atoms with Gasteiger partial charge in [-0.25, -0.2) is 0 Å². The van der Waals surface area contributed by atoms with E-state index in [4.69, 9.17) is 16.3 Å². The summed E-state index contributed by atoms with van der Waals surface area (Å²) >= 11 is 6.39. The van der Waals surface area contributed by atoms with Gasteiger partial charge in [-0.2, -0.15) is 5.10 Å². The summed E-state index contributed by atoms with van der Waals surface area (Å²) in [6, 6.07) is 0.0575. The molecular weight excluding hydrogens is 288 g/mol. The molecule has 0 saturated carbocycles. The summed E-state index contributed by atoms with van der Waals surface area (Å²) in [5, 5.41) is 8.67. The van der Waals surface area contributed by atoms with Crippen LogP contribution in [0.4, 0.5) is 0 Å². The van der Waals surface area contributed by atoms with Crippen molar-refractivity contribution in [3.05, 3.63) is 16.9 Å². The minimum atomic E-state index is 0.0499. The second kappa shape index (κ2) is 9.41. The molecule has 0 spiro atoms. The van der Waals surface area contributed by atoms with Crippen LogP contribution in [0.15, 0.2) is 6.20 Å². The molecule has 21 heavy (non-hydrogen) atoms. The van der Waals surface area contributed by atoms with E-state index in [1.165, 1.54) is 0 Å². The Kier molecular flexibility index (Phi) is 8.26. The molecule has 2 unspecified atom stereocenters. The Morgan fingerprint density at radius 3 is 2.71 bits per heavy atom. The number of rotatable bonds is 10. The standard InChI is InChI=1S/C15H29ClN4O/c1-6-8-17-14(12(3)21-7-2)15-13(16)11-18-20(15)10-9-19(4)5/h11-12,14,17H,6-10H2,1-5H3. The minimum Gasteiger partial charge on any atom is -0.377 e. The first kappa shape index (κ1) is 18.4. The lowest BCUT2D eigenvalue weighted by Crippen LogP contribution is -2.35. The van der Waals surface area contributed by atoms with Gasteiger partial charge in [-0.3, -0.25) is 4.68 Å². The Morgan fingerprint density at radius 2 is 2.14 bits per heavy atom. The van der Waals surface area contributed by atoms with Gasteiger partial charge in [0.25, 0.3) is 0 Å². The zero-order chi connectivity index (χ0) is 15.8. The number of halogens is 1. The summed E-state index contributed by atoms with van der Waals surface area (Å²) < 4.78 is 7.78. The normalized spacial score (nSPS) is 14.6. The third-order valence-electron chi connectivity index (χ3n) is 3.40. The first-order valence-electron chi connectivity index (χ1n) is 7.72. The lowest BCUT2D eigenvalue weighted by atomic mass is 10.1. The first-order chi connectivity index (χ1) is 10.0. The number of nitrogens with zero attached hydrogens (tertiary/aromatic N) is 3. The molecule has 0 aliphatic rings. The molecule has 0 saturated heterocycles. The van der Waals surface area contributed by atoms with Gasteiger partial charge in [-0.05, 0) is 40.9 Å². The van der Waals surface area contributed by atoms with Crippen molar-refractivity contribution in [1.82, 2.24) is 20.0 Å². The van der Waals surface area contributed by atoms with Crippen molar-refractivity contribution >= 4 is 11.6 Å². The first-order valence-corrected chi connectivity index (χ1v) is 8.09. The summed E-state index contributed by atoms with van der Waals surface area (Å²) in [6.45, 7) is 9.61. The molecule has 1 N–H and O–H groups in total. The van der Waals surface area contributed by atoms with Crippen LogP contribution >= 0.6 is 11.6 Å². The van der Waals surface area contributed by atoms with Crippen LogP contribution in [0.1, 0.15) is 38.9 Å². The van der Waals surface area contributed by atoms with Gasteiger partial charge in [-0.15, -0.1) is 0 Å². The highest BCUT2D eigenvalue weighted by Gasteiger charge is 2.25. The quantitative estimate of drug-likeness (QED) is 0.720. The van der Waals surface area contributed by atoms with Crippen LogP contribution in [-0.4, -0.2) is 54.6 Å². The zero-order valence-corrected chi connectivity index (χ0v) is 14.7. The monoisotopic (exact) mass is 316 g/mol. The molecule has 0 aromatic carbocycles. The predicted octanol–water partition coefficient (Wildman–Crippen LogP) is 2.56. The topological polar surface area (TPSA) is 42.3 Å². The van der Waals surface area contributed by atoms with Crippen molar-refractivity contribution in [3.63, 3.8) is 0 Å². The van der Waals surface area contributed by atoms with Gasteiger partial charge in [-0.1, -0.05) is 18.5 Å².